The maximum Gasteiger partial charge on any atom is 0.409 e. The first-order valence-corrected chi connectivity index (χ1v) is 4.71. The number of carbonyl (C=O) groups excluding carboxylic acids is 1. The van der Waals surface area contributed by atoms with E-state index in [9.17, 15) is 4.79 Å². The van der Waals surface area contributed by atoms with Gasteiger partial charge in [0, 0.05) is 0 Å². The highest BCUT2D eigenvalue weighted by Crippen LogP contribution is 2.07. The zero-order chi connectivity index (χ0) is 11.4. The van der Waals surface area contributed by atoms with Crippen LogP contribution in [0.3, 0.4) is 0 Å². The molecule has 0 aliphatic carbocycles. The Morgan fingerprint density at radius 3 is 1.93 bits per heavy atom. The highest BCUT2D eigenvalue weighted by atomic mass is 16.6. The van der Waals surface area contributed by atoms with Crippen LogP contribution in [0.2, 0.25) is 0 Å². The molecular weight excluding hydrogens is 182 g/mol. The van der Waals surface area contributed by atoms with Gasteiger partial charge in [0.2, 0.25) is 0 Å². The summed E-state index contributed by atoms with van der Waals surface area (Å²) in [6.45, 7) is 11.4. The van der Waals surface area contributed by atoms with Gasteiger partial charge >= 0.3 is 6.09 Å². The van der Waals surface area contributed by atoms with Gasteiger partial charge in [-0.3, -0.25) is 5.32 Å². The lowest BCUT2D eigenvalue weighted by molar-refractivity contribution is -0.0190. The second-order valence-corrected chi connectivity index (χ2v) is 5.08. The highest BCUT2D eigenvalue weighted by molar-refractivity contribution is 5.67. The minimum atomic E-state index is -0.466. The number of hydrogen-bond acceptors (Lipinski definition) is 3. The number of ether oxygens (including phenoxy) is 2. The van der Waals surface area contributed by atoms with Crippen molar-refractivity contribution in [2.24, 2.45) is 0 Å². The molecule has 4 heteroatoms. The first-order chi connectivity index (χ1) is 6.10. The van der Waals surface area contributed by atoms with Crippen molar-refractivity contribution >= 4 is 6.09 Å². The Morgan fingerprint density at radius 1 is 1.07 bits per heavy atom. The molecule has 1 N–H and O–H groups in total. The molecule has 0 aromatic rings. The van der Waals surface area contributed by atoms with Gasteiger partial charge in [-0.05, 0) is 41.5 Å². The Bertz CT molecular complexity index is 189. The van der Waals surface area contributed by atoms with E-state index in [2.05, 4.69) is 5.32 Å². The fourth-order valence-corrected chi connectivity index (χ4v) is 0.626. The Labute approximate surface area is 86.0 Å². The Hall–Kier alpha value is -0.770. The minimum absolute atomic E-state index is 0.165. The zero-order valence-electron chi connectivity index (χ0n) is 9.93. The molecule has 0 saturated heterocycles. The zero-order valence-corrected chi connectivity index (χ0v) is 9.93. The Morgan fingerprint density at radius 2 is 1.57 bits per heavy atom. The summed E-state index contributed by atoms with van der Waals surface area (Å²) in [5.41, 5.74) is -0.721. The average molecular weight is 203 g/mol. The molecule has 0 atom stereocenters. The fourth-order valence-electron chi connectivity index (χ4n) is 0.626. The van der Waals surface area contributed by atoms with Crippen molar-refractivity contribution in [2.45, 2.75) is 52.7 Å². The lowest BCUT2D eigenvalue weighted by atomic mass is 10.2. The van der Waals surface area contributed by atoms with Crippen molar-refractivity contribution in [2.75, 3.05) is 6.73 Å². The molecule has 14 heavy (non-hydrogen) atoms. The second kappa shape index (κ2) is 4.64. The summed E-state index contributed by atoms with van der Waals surface area (Å²) in [6, 6.07) is 0. The van der Waals surface area contributed by atoms with Gasteiger partial charge in [-0.2, -0.15) is 0 Å². The quantitative estimate of drug-likeness (QED) is 0.700. The highest BCUT2D eigenvalue weighted by Gasteiger charge is 2.16. The maximum atomic E-state index is 11.1. The van der Waals surface area contributed by atoms with Gasteiger partial charge in [0.1, 0.15) is 12.3 Å². The predicted octanol–water partition coefficient (Wildman–Crippen LogP) is 2.28. The molecule has 84 valence electrons. The van der Waals surface area contributed by atoms with Gasteiger partial charge in [-0.15, -0.1) is 0 Å². The van der Waals surface area contributed by atoms with Crippen molar-refractivity contribution in [1.29, 1.82) is 0 Å². The first kappa shape index (κ1) is 13.2. The summed E-state index contributed by atoms with van der Waals surface area (Å²) in [4.78, 5) is 11.1. The molecule has 0 aromatic carbocycles. The van der Waals surface area contributed by atoms with Crippen LogP contribution in [0.5, 0.6) is 0 Å². The molecule has 0 spiro atoms. The largest absolute Gasteiger partial charge is 0.444 e. The average Bonchev–Trinajstić information content (AvgIpc) is 1.78. The molecule has 0 fully saturated rings. The number of alkyl carbamates (subject to hydrolysis) is 1. The monoisotopic (exact) mass is 203 g/mol. The van der Waals surface area contributed by atoms with Gasteiger partial charge in [-0.25, -0.2) is 4.79 Å². The molecule has 0 rings (SSSR count). The van der Waals surface area contributed by atoms with E-state index in [1.54, 1.807) is 0 Å². The normalized spacial score (nSPS) is 12.4. The van der Waals surface area contributed by atoms with Crippen LogP contribution < -0.4 is 5.32 Å². The van der Waals surface area contributed by atoms with Crippen LogP contribution in [0.4, 0.5) is 4.79 Å². The SMILES string of the molecule is CC(C)(C)OCNC(=O)OC(C)(C)C. The van der Waals surface area contributed by atoms with Crippen LogP contribution >= 0.6 is 0 Å². The molecule has 0 radical (unpaired) electrons. The second-order valence-electron chi connectivity index (χ2n) is 5.08. The van der Waals surface area contributed by atoms with E-state index in [1.807, 2.05) is 41.5 Å². The molecule has 0 aliphatic rings. The molecule has 0 saturated carbocycles. The molecule has 0 aliphatic heterocycles. The van der Waals surface area contributed by atoms with Gasteiger partial charge in [-0.1, -0.05) is 0 Å². The van der Waals surface area contributed by atoms with E-state index in [0.29, 0.717) is 0 Å². The number of nitrogens with one attached hydrogen (secondary N) is 1. The summed E-state index contributed by atoms with van der Waals surface area (Å²) in [7, 11) is 0. The standard InChI is InChI=1S/C10H21NO3/c1-9(2,3)13-7-11-8(12)14-10(4,5)6/h7H2,1-6H3,(H,11,12). The van der Waals surface area contributed by atoms with Crippen LogP contribution in [-0.2, 0) is 9.47 Å². The number of hydrogen-bond donors (Lipinski definition) is 1. The van der Waals surface area contributed by atoms with Crippen LogP contribution in [0.25, 0.3) is 0 Å². The van der Waals surface area contributed by atoms with E-state index in [-0.39, 0.29) is 12.3 Å². The van der Waals surface area contributed by atoms with Crippen molar-refractivity contribution in [1.82, 2.24) is 5.32 Å². The van der Waals surface area contributed by atoms with Gasteiger partial charge in [0.05, 0.1) is 5.60 Å². The Kier molecular flexibility index (Phi) is 4.39. The third kappa shape index (κ3) is 9.32. The summed E-state index contributed by atoms with van der Waals surface area (Å²) < 4.78 is 10.3. The third-order valence-electron chi connectivity index (χ3n) is 1.12. The van der Waals surface area contributed by atoms with Crippen LogP contribution in [0.1, 0.15) is 41.5 Å². The van der Waals surface area contributed by atoms with Crippen molar-refractivity contribution in [3.63, 3.8) is 0 Å². The van der Waals surface area contributed by atoms with Gasteiger partial charge in [0.25, 0.3) is 0 Å². The molecular formula is C10H21NO3. The van der Waals surface area contributed by atoms with Gasteiger partial charge in [0.15, 0.2) is 0 Å². The fraction of sp³-hybridized carbons (Fsp3) is 0.900. The molecule has 0 aromatic heterocycles. The summed E-state index contributed by atoms with van der Waals surface area (Å²) >= 11 is 0. The molecule has 1 amide bonds. The van der Waals surface area contributed by atoms with Crippen LogP contribution in [0, 0.1) is 0 Å². The predicted molar refractivity (Wildman–Crippen MR) is 55.1 cm³/mol. The van der Waals surface area contributed by atoms with Crippen molar-refractivity contribution in [3.05, 3.63) is 0 Å². The number of rotatable bonds is 2. The van der Waals surface area contributed by atoms with E-state index >= 15 is 0 Å². The first-order valence-electron chi connectivity index (χ1n) is 4.71. The maximum absolute atomic E-state index is 11.1. The van der Waals surface area contributed by atoms with Gasteiger partial charge < -0.3 is 9.47 Å². The van der Waals surface area contributed by atoms with Crippen LogP contribution in [-0.4, -0.2) is 24.0 Å². The van der Waals surface area contributed by atoms with Crippen molar-refractivity contribution in [3.8, 4) is 0 Å². The van der Waals surface area contributed by atoms with E-state index < -0.39 is 11.7 Å². The molecule has 0 heterocycles. The summed E-state index contributed by atoms with van der Waals surface area (Å²) in [6.07, 6.45) is -0.457. The lowest BCUT2D eigenvalue weighted by Gasteiger charge is -2.22. The van der Waals surface area contributed by atoms with Crippen LogP contribution in [0.15, 0.2) is 0 Å². The topological polar surface area (TPSA) is 47.6 Å². The summed E-state index contributed by atoms with van der Waals surface area (Å²) in [5, 5.41) is 2.51. The molecule has 0 bridgehead atoms. The molecule has 0 unspecified atom stereocenters. The minimum Gasteiger partial charge on any atom is -0.444 e. The van der Waals surface area contributed by atoms with E-state index in [4.69, 9.17) is 9.47 Å². The summed E-state index contributed by atoms with van der Waals surface area (Å²) in [5.74, 6) is 0. The molecule has 4 nitrogen and oxygen atoms in total. The Balaban J connectivity index is 3.66. The lowest BCUT2D eigenvalue weighted by Crippen LogP contribution is -2.36. The van der Waals surface area contributed by atoms with E-state index in [0.717, 1.165) is 0 Å². The smallest absolute Gasteiger partial charge is 0.409 e. The number of amides is 1. The number of carbonyl (C=O) groups is 1. The van der Waals surface area contributed by atoms with Crippen molar-refractivity contribution < 1.29 is 14.3 Å². The van der Waals surface area contributed by atoms with E-state index in [1.165, 1.54) is 0 Å². The third-order valence-corrected chi connectivity index (χ3v) is 1.12.